The minimum Gasteiger partial charge on any atom is -0.550 e. The number of nitrogens with zero attached hydrogens (tertiary/aromatic N) is 4. The molecule has 0 aliphatic carbocycles. The number of hydrogen-bond acceptors (Lipinski definition) is 8. The van der Waals surface area contributed by atoms with Crippen LogP contribution in [-0.2, 0) is 4.79 Å². The zero-order valence-corrected chi connectivity index (χ0v) is 23.2. The molecule has 212 valence electrons. The molecule has 0 unspecified atom stereocenters. The van der Waals surface area contributed by atoms with Crippen LogP contribution in [0.3, 0.4) is 0 Å². The van der Waals surface area contributed by atoms with E-state index in [-0.39, 0.29) is 11.9 Å². The average molecular weight is 577 g/mol. The number of nitrogen functional groups attached to an aromatic ring is 1. The number of hydrogen-bond donors (Lipinski definition) is 4. The first-order valence-electron chi connectivity index (χ1n) is 13.0. The van der Waals surface area contributed by atoms with Crippen LogP contribution in [0.5, 0.6) is 5.75 Å². The number of carbonyl (C=O) groups excluding carboxylic acids is 2. The van der Waals surface area contributed by atoms with Crippen LogP contribution >= 0.6 is 11.6 Å². The van der Waals surface area contributed by atoms with E-state index in [2.05, 4.69) is 25.6 Å². The summed E-state index contributed by atoms with van der Waals surface area (Å²) < 4.78 is 7.63. The number of carboxylic acids is 1. The van der Waals surface area contributed by atoms with E-state index in [1.807, 2.05) is 28.9 Å². The van der Waals surface area contributed by atoms with E-state index in [0.717, 1.165) is 55.0 Å². The third kappa shape index (κ3) is 5.93. The predicted molar refractivity (Wildman–Crippen MR) is 154 cm³/mol. The lowest BCUT2D eigenvalue weighted by atomic mass is 10.1. The van der Waals surface area contributed by atoms with E-state index in [0.29, 0.717) is 39.1 Å². The summed E-state index contributed by atoms with van der Waals surface area (Å²) in [5.41, 5.74) is 10.3. The number of methoxy groups -OCH3 is 1. The lowest BCUT2D eigenvalue weighted by molar-refractivity contribution is -0.664. The van der Waals surface area contributed by atoms with Gasteiger partial charge in [0.25, 0.3) is 5.91 Å². The smallest absolute Gasteiger partial charge is 0.272 e. The van der Waals surface area contributed by atoms with Crippen molar-refractivity contribution in [1.82, 2.24) is 24.7 Å². The fourth-order valence-corrected chi connectivity index (χ4v) is 5.14. The van der Waals surface area contributed by atoms with E-state index < -0.39 is 5.97 Å². The van der Waals surface area contributed by atoms with Crippen molar-refractivity contribution in [1.29, 1.82) is 0 Å². The fourth-order valence-electron chi connectivity index (χ4n) is 4.96. The molecule has 1 saturated heterocycles. The number of piperidine rings is 1. The number of nitrogens with two attached hydrogens (primary N) is 2. The van der Waals surface area contributed by atoms with Gasteiger partial charge in [-0.25, -0.2) is 14.6 Å². The highest BCUT2D eigenvalue weighted by molar-refractivity contribution is 6.31. The molecule has 4 heterocycles. The van der Waals surface area contributed by atoms with Gasteiger partial charge in [0.15, 0.2) is 5.65 Å². The van der Waals surface area contributed by atoms with Gasteiger partial charge in [0, 0.05) is 40.3 Å². The van der Waals surface area contributed by atoms with Gasteiger partial charge in [0.1, 0.15) is 29.3 Å². The van der Waals surface area contributed by atoms with Gasteiger partial charge >= 0.3 is 0 Å². The van der Waals surface area contributed by atoms with E-state index in [9.17, 15) is 4.79 Å². The molecule has 12 nitrogen and oxygen atoms in total. The molecule has 1 amide bonds. The predicted octanol–water partition coefficient (Wildman–Crippen LogP) is 2.13. The topological polar surface area (TPSA) is 180 Å². The summed E-state index contributed by atoms with van der Waals surface area (Å²) in [5, 5.41) is 21.3. The maximum atomic E-state index is 13.0. The van der Waals surface area contributed by atoms with Crippen LogP contribution in [-0.4, -0.2) is 56.8 Å². The maximum Gasteiger partial charge on any atom is 0.272 e. The summed E-state index contributed by atoms with van der Waals surface area (Å²) >= 11 is 6.08. The molecule has 0 spiro atoms. The number of amides is 1. The zero-order valence-electron chi connectivity index (χ0n) is 22.5. The van der Waals surface area contributed by atoms with Crippen molar-refractivity contribution in [2.45, 2.75) is 25.8 Å². The summed E-state index contributed by atoms with van der Waals surface area (Å²) in [6.45, 7) is 3.07. The number of rotatable bonds is 5. The van der Waals surface area contributed by atoms with Gasteiger partial charge < -0.3 is 36.0 Å². The van der Waals surface area contributed by atoms with E-state index in [4.69, 9.17) is 37.1 Å². The Bertz CT molecular complexity index is 1740. The first kappa shape index (κ1) is 27.9. The fraction of sp³-hybridized carbons (Fsp3) is 0.250. The van der Waals surface area contributed by atoms with Crippen molar-refractivity contribution < 1.29 is 24.7 Å². The molecule has 13 heteroatoms. The Morgan fingerprint density at radius 2 is 1.93 bits per heavy atom. The molecule has 1 fully saturated rings. The van der Waals surface area contributed by atoms with Crippen LogP contribution in [0.4, 0.5) is 11.5 Å². The monoisotopic (exact) mass is 576 g/mol. The van der Waals surface area contributed by atoms with Crippen molar-refractivity contribution in [2.24, 2.45) is 0 Å². The number of anilines is 2. The first-order valence-corrected chi connectivity index (χ1v) is 13.4. The number of carboxylic acid groups (broad SMARTS) is 1. The summed E-state index contributed by atoms with van der Waals surface area (Å²) in [6.07, 6.45) is 3.49. The highest BCUT2D eigenvalue weighted by atomic mass is 35.5. The molecule has 5 aromatic rings. The van der Waals surface area contributed by atoms with Gasteiger partial charge in [-0.15, -0.1) is 0 Å². The highest BCUT2D eigenvalue weighted by Gasteiger charge is 2.25. The molecule has 0 atom stereocenters. The van der Waals surface area contributed by atoms with Crippen molar-refractivity contribution in [2.75, 3.05) is 31.2 Å². The normalized spacial score (nSPS) is 13.5. The molecule has 0 saturated carbocycles. The number of nitrogens with one attached hydrogen (secondary N) is 2. The molecule has 3 aromatic heterocycles. The number of aromatic amines is 1. The second kappa shape index (κ2) is 11.8. The molecular formula is C28H29ClN8O4. The Morgan fingerprint density at radius 3 is 2.66 bits per heavy atom. The van der Waals surface area contributed by atoms with Gasteiger partial charge in [-0.1, -0.05) is 17.7 Å². The summed E-state index contributed by atoms with van der Waals surface area (Å²) in [7, 11) is 1.56. The number of carbonyl (C=O) groups is 2. The van der Waals surface area contributed by atoms with Gasteiger partial charge in [-0.05, 0) is 43.3 Å². The largest absolute Gasteiger partial charge is 0.550 e. The van der Waals surface area contributed by atoms with Crippen molar-refractivity contribution in [3.8, 4) is 17.0 Å². The second-order valence-corrected chi connectivity index (χ2v) is 10.1. The third-order valence-corrected chi connectivity index (χ3v) is 7.06. The standard InChI is InChI=1S/C26H25ClN8O2.C2H4O2/c1-37-21-12-14(2-4-19(21)33-26(36)20-11-15-10-16(27)3-5-18(15)32-20)23-22-24(28)30-13-31-25(22)35(34-23)17-6-8-29-9-7-17;1-2(3)4/h2-5,10-13,17,29,32H,6-9H2,1H3,(H,33,36)(H2,28,30,31);1H3,(H,3,4). The van der Waals surface area contributed by atoms with Gasteiger partial charge in [0.2, 0.25) is 0 Å². The van der Waals surface area contributed by atoms with Crippen molar-refractivity contribution in [3.05, 3.63) is 59.5 Å². The number of fused-ring (bicyclic) bond motifs is 2. The first-order chi connectivity index (χ1) is 19.7. The number of aliphatic carboxylic acids is 1. The molecular weight excluding hydrogens is 548 g/mol. The van der Waals surface area contributed by atoms with Crippen LogP contribution in [0.1, 0.15) is 36.3 Å². The molecule has 41 heavy (non-hydrogen) atoms. The Hall–Kier alpha value is -4.68. The Balaban J connectivity index is 0.000000794. The Morgan fingerprint density at radius 1 is 1.17 bits per heavy atom. The summed E-state index contributed by atoms with van der Waals surface area (Å²) in [5.74, 6) is -0.501. The molecule has 6 rings (SSSR count). The van der Waals surface area contributed by atoms with E-state index >= 15 is 0 Å². The number of aromatic nitrogens is 5. The van der Waals surface area contributed by atoms with E-state index in [1.165, 1.54) is 6.33 Å². The summed E-state index contributed by atoms with van der Waals surface area (Å²) in [6, 6.07) is 13.0. The number of H-pyrrole nitrogens is 1. The lowest BCUT2D eigenvalue weighted by Crippen LogP contribution is -2.86. The van der Waals surface area contributed by atoms with Gasteiger partial charge in [-0.3, -0.25) is 4.79 Å². The van der Waals surface area contributed by atoms with Crippen LogP contribution < -0.4 is 26.2 Å². The van der Waals surface area contributed by atoms with Crippen LogP contribution in [0, 0.1) is 0 Å². The second-order valence-electron chi connectivity index (χ2n) is 9.62. The molecule has 0 radical (unpaired) electrons. The maximum absolute atomic E-state index is 13.0. The molecule has 1 aliphatic heterocycles. The SMILES string of the molecule is CC(=O)[O-].COc1cc(-c2nn(C3CC[NH2+]CC3)c3ncnc(N)c23)ccc1NC(=O)c1cc2cc(Cl)ccc2[nH]1. The lowest BCUT2D eigenvalue weighted by Gasteiger charge is -2.21. The number of halogens is 1. The van der Waals surface area contributed by atoms with E-state index in [1.54, 1.807) is 25.3 Å². The molecule has 0 bridgehead atoms. The van der Waals surface area contributed by atoms with Crippen LogP contribution in [0.25, 0.3) is 33.2 Å². The minimum absolute atomic E-state index is 0.252. The Labute approximate surface area is 239 Å². The molecule has 2 aromatic carbocycles. The van der Waals surface area contributed by atoms with Crippen LogP contribution in [0.2, 0.25) is 5.02 Å². The Kier molecular flexibility index (Phi) is 8.04. The molecule has 1 aliphatic rings. The average Bonchev–Trinajstić information content (AvgIpc) is 3.56. The van der Waals surface area contributed by atoms with Crippen molar-refractivity contribution in [3.63, 3.8) is 0 Å². The molecule has 6 N–H and O–H groups in total. The number of quaternary nitrogens is 1. The number of benzene rings is 2. The summed E-state index contributed by atoms with van der Waals surface area (Å²) in [4.78, 5) is 33.8. The van der Waals surface area contributed by atoms with Gasteiger partial charge in [-0.2, -0.15) is 5.10 Å². The minimum atomic E-state index is -1.08. The van der Waals surface area contributed by atoms with Crippen molar-refractivity contribution >= 4 is 56.9 Å². The third-order valence-electron chi connectivity index (χ3n) is 6.82. The van der Waals surface area contributed by atoms with Crippen LogP contribution in [0.15, 0.2) is 48.8 Å². The quantitative estimate of drug-likeness (QED) is 0.245. The zero-order chi connectivity index (χ0) is 29.1. The highest BCUT2D eigenvalue weighted by Crippen LogP contribution is 2.37. The van der Waals surface area contributed by atoms with Gasteiger partial charge in [0.05, 0.1) is 37.3 Å². The number of ether oxygens (including phenoxy) is 1.